The summed E-state index contributed by atoms with van der Waals surface area (Å²) in [5.41, 5.74) is 8.22. The minimum Gasteiger partial charge on any atom is -0.350 e. The lowest BCUT2D eigenvalue weighted by molar-refractivity contribution is 0.249. The van der Waals surface area contributed by atoms with Crippen LogP contribution < -0.4 is 11.2 Å². The Balaban J connectivity index is 2.02. The van der Waals surface area contributed by atoms with E-state index in [2.05, 4.69) is 22.7 Å². The number of rotatable bonds is 1. The van der Waals surface area contributed by atoms with Gasteiger partial charge in [0.2, 0.25) is 0 Å². The van der Waals surface area contributed by atoms with Crippen molar-refractivity contribution in [1.29, 1.82) is 0 Å². The zero-order valence-electron chi connectivity index (χ0n) is 6.66. The van der Waals surface area contributed by atoms with Crippen molar-refractivity contribution in [2.45, 2.75) is 12.8 Å². The molecule has 0 heterocycles. The van der Waals surface area contributed by atoms with Crippen molar-refractivity contribution in [1.82, 2.24) is 5.43 Å². The first kappa shape index (κ1) is 7.34. The van der Waals surface area contributed by atoms with E-state index in [4.69, 9.17) is 5.73 Å². The summed E-state index contributed by atoms with van der Waals surface area (Å²) >= 11 is 0. The number of allylic oxidation sites excluding steroid dienone is 2. The minimum atomic E-state index is -0.589. The van der Waals surface area contributed by atoms with Crippen LogP contribution >= 0.6 is 0 Å². The fraction of sp³-hybridized carbons (Fsp3) is 0.500. The van der Waals surface area contributed by atoms with E-state index in [0.717, 1.165) is 18.6 Å². The summed E-state index contributed by atoms with van der Waals surface area (Å²) in [4.78, 5) is 10.3. The summed E-state index contributed by atoms with van der Waals surface area (Å²) in [5, 5.41) is 3.95. The first-order chi connectivity index (χ1) is 5.75. The molecular formula is C8H11N3O. The summed E-state index contributed by atoms with van der Waals surface area (Å²) in [7, 11) is 0. The SMILES string of the molecule is NC(=O)N/N=C1/CC2C=CC1C2. The Morgan fingerprint density at radius 3 is 3.00 bits per heavy atom. The molecule has 1 fully saturated rings. The highest BCUT2D eigenvalue weighted by Gasteiger charge is 2.32. The van der Waals surface area contributed by atoms with Gasteiger partial charge >= 0.3 is 6.03 Å². The van der Waals surface area contributed by atoms with Crippen molar-refractivity contribution >= 4 is 11.7 Å². The van der Waals surface area contributed by atoms with Crippen molar-refractivity contribution in [3.8, 4) is 0 Å². The molecule has 2 unspecified atom stereocenters. The van der Waals surface area contributed by atoms with Gasteiger partial charge in [0, 0.05) is 11.6 Å². The molecule has 4 heteroatoms. The van der Waals surface area contributed by atoms with Gasteiger partial charge in [-0.1, -0.05) is 12.2 Å². The van der Waals surface area contributed by atoms with Crippen LogP contribution in [0.5, 0.6) is 0 Å². The van der Waals surface area contributed by atoms with Crippen LogP contribution in [0, 0.1) is 11.8 Å². The van der Waals surface area contributed by atoms with Crippen LogP contribution in [0.1, 0.15) is 12.8 Å². The summed E-state index contributed by atoms with van der Waals surface area (Å²) in [6.45, 7) is 0. The summed E-state index contributed by atoms with van der Waals surface area (Å²) in [6.07, 6.45) is 6.49. The molecule has 0 radical (unpaired) electrons. The van der Waals surface area contributed by atoms with Gasteiger partial charge in [-0.25, -0.2) is 10.2 Å². The molecule has 0 spiro atoms. The van der Waals surface area contributed by atoms with Crippen molar-refractivity contribution < 1.29 is 4.79 Å². The van der Waals surface area contributed by atoms with Crippen LogP contribution in [0.4, 0.5) is 4.79 Å². The number of primary amides is 1. The third-order valence-corrected chi connectivity index (χ3v) is 2.38. The van der Waals surface area contributed by atoms with E-state index >= 15 is 0 Å². The van der Waals surface area contributed by atoms with Crippen molar-refractivity contribution in [2.24, 2.45) is 22.7 Å². The number of fused-ring (bicyclic) bond motifs is 2. The van der Waals surface area contributed by atoms with Crippen LogP contribution in [0.2, 0.25) is 0 Å². The summed E-state index contributed by atoms with van der Waals surface area (Å²) < 4.78 is 0. The number of amides is 2. The molecule has 0 aliphatic heterocycles. The van der Waals surface area contributed by atoms with Gasteiger partial charge < -0.3 is 5.73 Å². The Bertz CT molecular complexity index is 269. The normalized spacial score (nSPS) is 34.5. The Morgan fingerprint density at radius 1 is 1.67 bits per heavy atom. The second kappa shape index (κ2) is 2.62. The number of urea groups is 1. The van der Waals surface area contributed by atoms with Gasteiger partial charge in [-0.2, -0.15) is 5.10 Å². The highest BCUT2D eigenvalue weighted by molar-refractivity contribution is 5.92. The Labute approximate surface area is 70.5 Å². The molecule has 12 heavy (non-hydrogen) atoms. The molecule has 1 saturated carbocycles. The fourth-order valence-electron chi connectivity index (χ4n) is 1.85. The molecular weight excluding hydrogens is 154 g/mol. The van der Waals surface area contributed by atoms with Crippen LogP contribution in [-0.4, -0.2) is 11.7 Å². The average molecular weight is 165 g/mol. The monoisotopic (exact) mass is 165 g/mol. The van der Waals surface area contributed by atoms with Gasteiger partial charge in [0.1, 0.15) is 0 Å². The molecule has 0 aromatic rings. The molecule has 0 aromatic heterocycles. The average Bonchev–Trinajstić information content (AvgIpc) is 2.60. The molecule has 2 aliphatic carbocycles. The number of nitrogens with two attached hydrogens (primary N) is 1. The number of hydrogen-bond acceptors (Lipinski definition) is 2. The third kappa shape index (κ3) is 1.20. The van der Waals surface area contributed by atoms with E-state index in [1.807, 2.05) is 0 Å². The number of hydrazone groups is 1. The number of hydrogen-bond donors (Lipinski definition) is 2. The number of carbonyl (C=O) groups is 1. The molecule has 2 rings (SSSR count). The third-order valence-electron chi connectivity index (χ3n) is 2.38. The molecule has 0 aromatic carbocycles. The Hall–Kier alpha value is -1.32. The van der Waals surface area contributed by atoms with E-state index in [9.17, 15) is 4.79 Å². The van der Waals surface area contributed by atoms with E-state index in [1.54, 1.807) is 0 Å². The largest absolute Gasteiger partial charge is 0.350 e. The van der Waals surface area contributed by atoms with Gasteiger partial charge in [-0.3, -0.25) is 0 Å². The van der Waals surface area contributed by atoms with E-state index < -0.39 is 6.03 Å². The quantitative estimate of drug-likeness (QED) is 0.433. The van der Waals surface area contributed by atoms with Gasteiger partial charge in [-0.15, -0.1) is 0 Å². The number of nitrogens with zero attached hydrogens (tertiary/aromatic N) is 1. The molecule has 3 N–H and O–H groups in total. The lowest BCUT2D eigenvalue weighted by Crippen LogP contribution is -2.26. The van der Waals surface area contributed by atoms with Crippen LogP contribution in [0.3, 0.4) is 0 Å². The topological polar surface area (TPSA) is 67.5 Å². The molecule has 2 bridgehead atoms. The van der Waals surface area contributed by atoms with Gasteiger partial charge in [0.05, 0.1) is 0 Å². The van der Waals surface area contributed by atoms with Crippen molar-refractivity contribution in [3.05, 3.63) is 12.2 Å². The fourth-order valence-corrected chi connectivity index (χ4v) is 1.85. The van der Waals surface area contributed by atoms with Gasteiger partial charge in [0.25, 0.3) is 0 Å². The zero-order chi connectivity index (χ0) is 8.55. The minimum absolute atomic E-state index is 0.446. The molecule has 4 nitrogen and oxygen atoms in total. The predicted molar refractivity (Wildman–Crippen MR) is 45.5 cm³/mol. The van der Waals surface area contributed by atoms with Crippen molar-refractivity contribution in [2.75, 3.05) is 0 Å². The van der Waals surface area contributed by atoms with Crippen LogP contribution in [0.15, 0.2) is 17.3 Å². The number of carbonyl (C=O) groups excluding carboxylic acids is 1. The second-order valence-corrected chi connectivity index (χ2v) is 3.27. The molecule has 2 amide bonds. The number of nitrogens with one attached hydrogen (secondary N) is 1. The standard InChI is InChI=1S/C8H11N3O/c9-8(12)11-10-7-4-5-1-2-6(7)3-5/h1-2,5-6H,3-4H2,(H3,9,11,12)/b10-7-. The maximum Gasteiger partial charge on any atom is 0.332 e. The van der Waals surface area contributed by atoms with Crippen LogP contribution in [-0.2, 0) is 0 Å². The van der Waals surface area contributed by atoms with Gasteiger partial charge in [-0.05, 0) is 18.8 Å². The van der Waals surface area contributed by atoms with E-state index in [-0.39, 0.29) is 0 Å². The Morgan fingerprint density at radius 2 is 2.50 bits per heavy atom. The lowest BCUT2D eigenvalue weighted by atomic mass is 10.1. The lowest BCUT2D eigenvalue weighted by Gasteiger charge is -2.05. The van der Waals surface area contributed by atoms with Crippen molar-refractivity contribution in [3.63, 3.8) is 0 Å². The zero-order valence-corrected chi connectivity index (χ0v) is 6.66. The summed E-state index contributed by atoms with van der Waals surface area (Å²) in [6, 6.07) is -0.589. The van der Waals surface area contributed by atoms with E-state index in [1.165, 1.54) is 0 Å². The maximum absolute atomic E-state index is 10.3. The van der Waals surface area contributed by atoms with Gasteiger partial charge in [0.15, 0.2) is 0 Å². The Kier molecular flexibility index (Phi) is 1.60. The van der Waals surface area contributed by atoms with E-state index in [0.29, 0.717) is 11.8 Å². The predicted octanol–water partition coefficient (Wildman–Crippen LogP) is 0.607. The first-order valence-electron chi connectivity index (χ1n) is 4.06. The summed E-state index contributed by atoms with van der Waals surface area (Å²) in [5.74, 6) is 1.09. The highest BCUT2D eigenvalue weighted by Crippen LogP contribution is 2.36. The molecule has 0 saturated heterocycles. The molecule has 2 aliphatic rings. The maximum atomic E-state index is 10.3. The first-order valence-corrected chi connectivity index (χ1v) is 4.06. The molecule has 64 valence electrons. The van der Waals surface area contributed by atoms with Crippen LogP contribution in [0.25, 0.3) is 0 Å². The second-order valence-electron chi connectivity index (χ2n) is 3.27. The highest BCUT2D eigenvalue weighted by atomic mass is 16.2. The smallest absolute Gasteiger partial charge is 0.332 e. The molecule has 2 atom stereocenters.